The summed E-state index contributed by atoms with van der Waals surface area (Å²) >= 11 is 0. The maximum absolute atomic E-state index is 12.0. The fourth-order valence-electron chi connectivity index (χ4n) is 1.07. The zero-order valence-electron chi connectivity index (χ0n) is 7.10. The summed E-state index contributed by atoms with van der Waals surface area (Å²) in [5.41, 5.74) is 6.20. The van der Waals surface area contributed by atoms with Gasteiger partial charge in [0.15, 0.2) is 0 Å². The van der Waals surface area contributed by atoms with Crippen molar-refractivity contribution in [2.45, 2.75) is 26.2 Å². The second-order valence-electron chi connectivity index (χ2n) is 2.75. The van der Waals surface area contributed by atoms with Gasteiger partial charge in [-0.15, -0.1) is 0 Å². The Morgan fingerprint density at radius 3 is 2.62 bits per heavy atom. The zero-order valence-corrected chi connectivity index (χ0v) is 7.10. The fraction of sp³-hybridized carbons (Fsp3) is 0.571. The van der Waals surface area contributed by atoms with Gasteiger partial charge in [-0.1, -0.05) is 0 Å². The topological polar surface area (TPSA) is 43.8 Å². The Morgan fingerprint density at radius 2 is 2.15 bits per heavy atom. The molecule has 0 aliphatic heterocycles. The molecule has 0 fully saturated rings. The van der Waals surface area contributed by atoms with Crippen molar-refractivity contribution in [2.75, 3.05) is 0 Å². The lowest BCUT2D eigenvalue weighted by molar-refractivity contribution is -0.143. The van der Waals surface area contributed by atoms with E-state index >= 15 is 0 Å². The standard InChI is InChI=1S/C7H10F3N3/c1-5-2-6(3-11)13(12-5)4-7(8,9)10/h2H,3-4,11H2,1H3. The number of nitrogens with zero attached hydrogens (tertiary/aromatic N) is 2. The molecule has 3 nitrogen and oxygen atoms in total. The van der Waals surface area contributed by atoms with Gasteiger partial charge in [0.05, 0.1) is 11.4 Å². The van der Waals surface area contributed by atoms with Gasteiger partial charge in [0.1, 0.15) is 6.54 Å². The Balaban J connectivity index is 2.87. The summed E-state index contributed by atoms with van der Waals surface area (Å²) in [6, 6.07) is 1.55. The van der Waals surface area contributed by atoms with Crippen LogP contribution in [0.5, 0.6) is 0 Å². The molecule has 6 heteroatoms. The minimum Gasteiger partial charge on any atom is -0.325 e. The van der Waals surface area contributed by atoms with Crippen LogP contribution >= 0.6 is 0 Å². The molecule has 74 valence electrons. The monoisotopic (exact) mass is 193 g/mol. The van der Waals surface area contributed by atoms with Gasteiger partial charge >= 0.3 is 6.18 Å². The van der Waals surface area contributed by atoms with E-state index in [0.717, 1.165) is 4.68 Å². The van der Waals surface area contributed by atoms with E-state index in [-0.39, 0.29) is 6.54 Å². The average Bonchev–Trinajstić information content (AvgIpc) is 2.27. The molecule has 0 aromatic carbocycles. The maximum Gasteiger partial charge on any atom is 0.408 e. The fourth-order valence-corrected chi connectivity index (χ4v) is 1.07. The van der Waals surface area contributed by atoms with Crippen molar-refractivity contribution in [1.82, 2.24) is 9.78 Å². The van der Waals surface area contributed by atoms with E-state index in [0.29, 0.717) is 11.4 Å². The molecule has 1 heterocycles. The number of hydrogen-bond acceptors (Lipinski definition) is 2. The summed E-state index contributed by atoms with van der Waals surface area (Å²) < 4.78 is 36.8. The van der Waals surface area contributed by atoms with Gasteiger partial charge in [-0.3, -0.25) is 4.68 Å². The summed E-state index contributed by atoms with van der Waals surface area (Å²) in [5.74, 6) is 0. The van der Waals surface area contributed by atoms with Crippen LogP contribution in [0, 0.1) is 6.92 Å². The minimum atomic E-state index is -4.25. The Labute approximate surface area is 73.3 Å². The van der Waals surface area contributed by atoms with E-state index in [4.69, 9.17) is 5.73 Å². The third-order valence-corrected chi connectivity index (χ3v) is 1.52. The third kappa shape index (κ3) is 2.73. The van der Waals surface area contributed by atoms with Crippen LogP contribution in [0.1, 0.15) is 11.4 Å². The van der Waals surface area contributed by atoms with Gasteiger partial charge < -0.3 is 5.73 Å². The SMILES string of the molecule is Cc1cc(CN)n(CC(F)(F)F)n1. The first-order chi connectivity index (χ1) is 5.92. The van der Waals surface area contributed by atoms with E-state index in [1.54, 1.807) is 13.0 Å². The normalized spacial score (nSPS) is 12.1. The molecule has 0 atom stereocenters. The summed E-state index contributed by atoms with van der Waals surface area (Å²) in [6.45, 7) is 0.621. The van der Waals surface area contributed by atoms with Crippen molar-refractivity contribution in [3.8, 4) is 0 Å². The molecule has 0 bridgehead atoms. The van der Waals surface area contributed by atoms with Crippen LogP contribution in [-0.4, -0.2) is 16.0 Å². The molecule has 0 saturated carbocycles. The number of rotatable bonds is 2. The van der Waals surface area contributed by atoms with Gasteiger partial charge in [-0.05, 0) is 13.0 Å². The molecule has 0 radical (unpaired) electrons. The number of aromatic nitrogens is 2. The first-order valence-electron chi connectivity index (χ1n) is 3.72. The van der Waals surface area contributed by atoms with Crippen LogP contribution in [0.25, 0.3) is 0 Å². The van der Waals surface area contributed by atoms with Gasteiger partial charge in [0.2, 0.25) is 0 Å². The van der Waals surface area contributed by atoms with Crippen LogP contribution in [-0.2, 0) is 13.1 Å². The van der Waals surface area contributed by atoms with Crippen LogP contribution in [0.3, 0.4) is 0 Å². The van der Waals surface area contributed by atoms with Crippen LogP contribution < -0.4 is 5.73 Å². The highest BCUT2D eigenvalue weighted by Crippen LogP contribution is 2.18. The second kappa shape index (κ2) is 3.37. The van der Waals surface area contributed by atoms with Crippen molar-refractivity contribution in [2.24, 2.45) is 5.73 Å². The Kier molecular flexibility index (Phi) is 2.60. The van der Waals surface area contributed by atoms with Crippen molar-refractivity contribution >= 4 is 0 Å². The predicted molar refractivity (Wildman–Crippen MR) is 40.9 cm³/mol. The van der Waals surface area contributed by atoms with E-state index in [2.05, 4.69) is 5.10 Å². The number of hydrogen-bond donors (Lipinski definition) is 1. The molecule has 0 aliphatic carbocycles. The molecule has 2 N–H and O–H groups in total. The number of aryl methyl sites for hydroxylation is 1. The lowest BCUT2D eigenvalue weighted by Crippen LogP contribution is -2.21. The van der Waals surface area contributed by atoms with Crippen LogP contribution in [0.15, 0.2) is 6.07 Å². The lowest BCUT2D eigenvalue weighted by Gasteiger charge is -2.08. The largest absolute Gasteiger partial charge is 0.408 e. The smallest absolute Gasteiger partial charge is 0.325 e. The molecule has 1 aromatic heterocycles. The van der Waals surface area contributed by atoms with Gasteiger partial charge in [-0.25, -0.2) is 0 Å². The quantitative estimate of drug-likeness (QED) is 0.767. The maximum atomic E-state index is 12.0. The highest BCUT2D eigenvalue weighted by Gasteiger charge is 2.29. The first kappa shape index (κ1) is 10.0. The van der Waals surface area contributed by atoms with Gasteiger partial charge in [-0.2, -0.15) is 18.3 Å². The van der Waals surface area contributed by atoms with Gasteiger partial charge in [0.25, 0.3) is 0 Å². The van der Waals surface area contributed by atoms with E-state index in [9.17, 15) is 13.2 Å². The summed E-state index contributed by atoms with van der Waals surface area (Å²) in [6.07, 6.45) is -4.25. The molecule has 0 aliphatic rings. The average molecular weight is 193 g/mol. The lowest BCUT2D eigenvalue weighted by atomic mass is 10.4. The van der Waals surface area contributed by atoms with Crippen molar-refractivity contribution in [3.63, 3.8) is 0 Å². The molecule has 1 aromatic rings. The predicted octanol–water partition coefficient (Wildman–Crippen LogP) is 1.21. The van der Waals surface area contributed by atoms with Crippen LogP contribution in [0.4, 0.5) is 13.2 Å². The number of halogens is 3. The summed E-state index contributed by atoms with van der Waals surface area (Å²) in [7, 11) is 0. The van der Waals surface area contributed by atoms with Crippen molar-refractivity contribution < 1.29 is 13.2 Å². The second-order valence-corrected chi connectivity index (χ2v) is 2.75. The third-order valence-electron chi connectivity index (χ3n) is 1.52. The highest BCUT2D eigenvalue weighted by molar-refractivity contribution is 5.08. The molecule has 0 saturated heterocycles. The molecule has 13 heavy (non-hydrogen) atoms. The number of nitrogens with two attached hydrogens (primary N) is 1. The van der Waals surface area contributed by atoms with Crippen LogP contribution in [0.2, 0.25) is 0 Å². The highest BCUT2D eigenvalue weighted by atomic mass is 19.4. The molecule has 0 spiro atoms. The minimum absolute atomic E-state index is 0.0664. The van der Waals surface area contributed by atoms with Crippen molar-refractivity contribution in [1.29, 1.82) is 0 Å². The summed E-state index contributed by atoms with van der Waals surface area (Å²) in [4.78, 5) is 0. The molecular formula is C7H10F3N3. The molecule has 1 rings (SSSR count). The van der Waals surface area contributed by atoms with E-state index < -0.39 is 12.7 Å². The summed E-state index contributed by atoms with van der Waals surface area (Å²) in [5, 5.41) is 3.68. The molecule has 0 amide bonds. The first-order valence-corrected chi connectivity index (χ1v) is 3.72. The van der Waals surface area contributed by atoms with Gasteiger partial charge in [0, 0.05) is 6.54 Å². The Morgan fingerprint density at radius 1 is 1.54 bits per heavy atom. The Hall–Kier alpha value is -1.04. The Bertz CT molecular complexity index is 290. The zero-order chi connectivity index (χ0) is 10.1. The number of alkyl halides is 3. The van der Waals surface area contributed by atoms with E-state index in [1.807, 2.05) is 0 Å². The molecule has 0 unspecified atom stereocenters. The van der Waals surface area contributed by atoms with E-state index in [1.165, 1.54) is 0 Å². The molecular weight excluding hydrogens is 183 g/mol. The van der Waals surface area contributed by atoms with Crippen molar-refractivity contribution in [3.05, 3.63) is 17.5 Å².